The van der Waals surface area contributed by atoms with Crippen LogP contribution >= 0.6 is 39.3 Å². The van der Waals surface area contributed by atoms with E-state index in [1.807, 2.05) is 48.5 Å². The lowest BCUT2D eigenvalue weighted by Gasteiger charge is -1.98. The van der Waals surface area contributed by atoms with E-state index in [0.717, 1.165) is 10.0 Å². The molecule has 0 saturated carbocycles. The molecular formula is C18H12BrClN2OS. The van der Waals surface area contributed by atoms with Crippen molar-refractivity contribution in [3.8, 4) is 0 Å². The minimum Gasteiger partial charge on any atom is -0.300 e. The van der Waals surface area contributed by atoms with Crippen LogP contribution < -0.4 is 5.32 Å². The standard InChI is InChI=1S/C18H12BrClN2OS/c19-13(10-12-6-2-1-3-7-12)11-16-17(23)22-18(24-16)21-15-9-5-4-8-14(15)20/h1-11H,(H,21,22,23)/b13-10-,16-11+. The lowest BCUT2D eigenvalue weighted by Crippen LogP contribution is -2.19. The van der Waals surface area contributed by atoms with Crippen LogP contribution in [0.25, 0.3) is 6.08 Å². The van der Waals surface area contributed by atoms with Gasteiger partial charge in [-0.1, -0.05) is 70.0 Å². The van der Waals surface area contributed by atoms with E-state index in [0.29, 0.717) is 20.8 Å². The Hall–Kier alpha value is -1.82. The number of nitrogens with zero attached hydrogens (tertiary/aromatic N) is 1. The van der Waals surface area contributed by atoms with Crippen LogP contribution in [0.1, 0.15) is 5.56 Å². The van der Waals surface area contributed by atoms with Crippen LogP contribution in [0, 0.1) is 0 Å². The molecule has 1 amide bonds. The average Bonchev–Trinajstić information content (AvgIpc) is 2.90. The second kappa shape index (κ2) is 7.83. The summed E-state index contributed by atoms with van der Waals surface area (Å²) in [6.07, 6.45) is 3.73. The zero-order valence-electron chi connectivity index (χ0n) is 12.4. The zero-order chi connectivity index (χ0) is 16.9. The molecule has 0 aromatic heterocycles. The van der Waals surface area contributed by atoms with E-state index in [-0.39, 0.29) is 5.91 Å². The van der Waals surface area contributed by atoms with E-state index in [1.54, 1.807) is 18.2 Å². The molecule has 3 rings (SSSR count). The molecule has 0 aliphatic carbocycles. The quantitative estimate of drug-likeness (QED) is 0.666. The van der Waals surface area contributed by atoms with Crippen molar-refractivity contribution >= 4 is 62.1 Å². The second-order valence-electron chi connectivity index (χ2n) is 4.87. The van der Waals surface area contributed by atoms with Gasteiger partial charge in [-0.25, -0.2) is 4.99 Å². The maximum Gasteiger partial charge on any atom is 0.264 e. The number of hydrogen-bond donors (Lipinski definition) is 1. The number of carbonyl (C=O) groups excluding carboxylic acids is 1. The number of para-hydroxylation sites is 1. The first-order valence-corrected chi connectivity index (χ1v) is 9.07. The van der Waals surface area contributed by atoms with Gasteiger partial charge in [-0.15, -0.1) is 0 Å². The van der Waals surface area contributed by atoms with Gasteiger partial charge in [-0.2, -0.15) is 0 Å². The highest BCUT2D eigenvalue weighted by Gasteiger charge is 2.24. The van der Waals surface area contributed by atoms with Gasteiger partial charge in [0, 0.05) is 4.48 Å². The summed E-state index contributed by atoms with van der Waals surface area (Å²) in [7, 11) is 0. The summed E-state index contributed by atoms with van der Waals surface area (Å²) in [5, 5.41) is 3.81. The van der Waals surface area contributed by atoms with Crippen molar-refractivity contribution in [3.63, 3.8) is 0 Å². The van der Waals surface area contributed by atoms with Crippen molar-refractivity contribution in [1.29, 1.82) is 0 Å². The number of nitrogens with one attached hydrogen (secondary N) is 1. The Morgan fingerprint density at radius 3 is 2.58 bits per heavy atom. The van der Waals surface area contributed by atoms with Crippen molar-refractivity contribution < 1.29 is 4.79 Å². The molecule has 1 fully saturated rings. The number of aliphatic imine (C=N–C) groups is 1. The molecule has 1 aliphatic rings. The summed E-state index contributed by atoms with van der Waals surface area (Å²) in [5.41, 5.74) is 1.68. The predicted octanol–water partition coefficient (Wildman–Crippen LogP) is 5.51. The van der Waals surface area contributed by atoms with Gasteiger partial charge >= 0.3 is 0 Å². The molecule has 2 aromatic rings. The van der Waals surface area contributed by atoms with Crippen LogP contribution in [0.4, 0.5) is 5.69 Å². The van der Waals surface area contributed by atoms with E-state index in [9.17, 15) is 4.79 Å². The lowest BCUT2D eigenvalue weighted by atomic mass is 10.2. The summed E-state index contributed by atoms with van der Waals surface area (Å²) in [6, 6.07) is 17.1. The third-order valence-electron chi connectivity index (χ3n) is 3.10. The Balaban J connectivity index is 1.80. The molecule has 1 heterocycles. The number of rotatable bonds is 3. The van der Waals surface area contributed by atoms with E-state index >= 15 is 0 Å². The van der Waals surface area contributed by atoms with Crippen molar-refractivity contribution in [2.75, 3.05) is 0 Å². The topological polar surface area (TPSA) is 41.5 Å². The fraction of sp³-hybridized carbons (Fsp3) is 0. The van der Waals surface area contributed by atoms with Crippen LogP contribution in [0.5, 0.6) is 0 Å². The number of allylic oxidation sites excluding steroid dienone is 2. The molecule has 3 nitrogen and oxygen atoms in total. The first kappa shape index (κ1) is 17.0. The maximum absolute atomic E-state index is 12.1. The highest BCUT2D eigenvalue weighted by Crippen LogP contribution is 2.31. The van der Waals surface area contributed by atoms with Gasteiger partial charge in [-0.05, 0) is 41.6 Å². The molecule has 0 unspecified atom stereocenters. The monoisotopic (exact) mass is 418 g/mol. The normalized spacial score (nSPS) is 18.2. The number of benzene rings is 2. The third-order valence-corrected chi connectivity index (χ3v) is 4.79. The average molecular weight is 420 g/mol. The summed E-state index contributed by atoms with van der Waals surface area (Å²) in [6.45, 7) is 0. The molecule has 0 bridgehead atoms. The zero-order valence-corrected chi connectivity index (χ0v) is 15.5. The Kier molecular flexibility index (Phi) is 5.56. The smallest absolute Gasteiger partial charge is 0.264 e. The molecule has 0 radical (unpaired) electrons. The van der Waals surface area contributed by atoms with Crippen LogP contribution in [-0.4, -0.2) is 11.1 Å². The van der Waals surface area contributed by atoms with E-state index in [2.05, 4.69) is 26.2 Å². The number of halogens is 2. The number of hydrogen-bond acceptors (Lipinski definition) is 3. The van der Waals surface area contributed by atoms with Gasteiger partial charge in [0.2, 0.25) is 0 Å². The second-order valence-corrected chi connectivity index (χ2v) is 7.23. The molecule has 2 aromatic carbocycles. The van der Waals surface area contributed by atoms with Gasteiger partial charge in [0.15, 0.2) is 5.17 Å². The number of thioether (sulfide) groups is 1. The number of carbonyl (C=O) groups is 1. The van der Waals surface area contributed by atoms with E-state index in [4.69, 9.17) is 11.6 Å². The van der Waals surface area contributed by atoms with Gasteiger partial charge in [0.1, 0.15) is 0 Å². The number of amides is 1. The molecule has 0 spiro atoms. The molecule has 1 saturated heterocycles. The van der Waals surface area contributed by atoms with Crippen LogP contribution in [0.2, 0.25) is 5.02 Å². The predicted molar refractivity (Wildman–Crippen MR) is 106 cm³/mol. The number of amidine groups is 1. The fourth-order valence-electron chi connectivity index (χ4n) is 2.01. The first-order valence-electron chi connectivity index (χ1n) is 7.08. The minimum atomic E-state index is -0.177. The Morgan fingerprint density at radius 2 is 1.83 bits per heavy atom. The van der Waals surface area contributed by atoms with Crippen molar-refractivity contribution in [2.24, 2.45) is 4.99 Å². The SMILES string of the molecule is O=C1NC(=Nc2ccccc2Cl)S/C1=C/C(Br)=C/c1ccccc1. The van der Waals surface area contributed by atoms with Gasteiger partial charge < -0.3 is 5.32 Å². The Labute approximate surface area is 157 Å². The van der Waals surface area contributed by atoms with Gasteiger partial charge in [-0.3, -0.25) is 4.79 Å². The molecule has 6 heteroatoms. The highest BCUT2D eigenvalue weighted by atomic mass is 79.9. The van der Waals surface area contributed by atoms with E-state index in [1.165, 1.54) is 11.8 Å². The Morgan fingerprint density at radius 1 is 1.12 bits per heavy atom. The maximum atomic E-state index is 12.1. The molecule has 1 aliphatic heterocycles. The van der Waals surface area contributed by atoms with Crippen molar-refractivity contribution in [1.82, 2.24) is 5.32 Å². The van der Waals surface area contributed by atoms with Crippen LogP contribution in [0.3, 0.4) is 0 Å². The van der Waals surface area contributed by atoms with E-state index < -0.39 is 0 Å². The fourth-order valence-corrected chi connectivity index (χ4v) is 3.66. The molecular weight excluding hydrogens is 408 g/mol. The first-order chi connectivity index (χ1) is 11.6. The van der Waals surface area contributed by atoms with Crippen LogP contribution in [-0.2, 0) is 4.79 Å². The molecule has 24 heavy (non-hydrogen) atoms. The summed E-state index contributed by atoms with van der Waals surface area (Å²) in [4.78, 5) is 17.0. The van der Waals surface area contributed by atoms with Crippen molar-refractivity contribution in [2.45, 2.75) is 0 Å². The minimum absolute atomic E-state index is 0.177. The molecule has 1 N–H and O–H groups in total. The summed E-state index contributed by atoms with van der Waals surface area (Å²) < 4.78 is 0.811. The lowest BCUT2D eigenvalue weighted by molar-refractivity contribution is -0.115. The Bertz CT molecular complexity index is 862. The molecule has 0 atom stereocenters. The van der Waals surface area contributed by atoms with Gasteiger partial charge in [0.05, 0.1) is 15.6 Å². The largest absolute Gasteiger partial charge is 0.300 e. The molecule has 120 valence electrons. The van der Waals surface area contributed by atoms with Crippen LogP contribution in [0.15, 0.2) is 75.1 Å². The highest BCUT2D eigenvalue weighted by molar-refractivity contribution is 9.12. The summed E-state index contributed by atoms with van der Waals surface area (Å²) >= 11 is 10.9. The van der Waals surface area contributed by atoms with Crippen molar-refractivity contribution in [3.05, 3.63) is 80.6 Å². The summed E-state index contributed by atoms with van der Waals surface area (Å²) in [5.74, 6) is -0.177. The van der Waals surface area contributed by atoms with Gasteiger partial charge in [0.25, 0.3) is 5.91 Å². The third kappa shape index (κ3) is 4.38.